The van der Waals surface area contributed by atoms with Crippen molar-refractivity contribution in [1.82, 2.24) is 15.0 Å². The van der Waals surface area contributed by atoms with E-state index < -0.39 is 12.7 Å². The van der Waals surface area contributed by atoms with E-state index in [1.54, 1.807) is 6.92 Å². The van der Waals surface area contributed by atoms with Crippen molar-refractivity contribution in [3.05, 3.63) is 5.82 Å². The summed E-state index contributed by atoms with van der Waals surface area (Å²) in [6.45, 7) is 2.35. The van der Waals surface area contributed by atoms with E-state index in [2.05, 4.69) is 15.5 Å². The Balaban J connectivity index is 1.73. The van der Waals surface area contributed by atoms with Gasteiger partial charge in [0.25, 0.3) is 0 Å². The molecule has 1 atom stereocenters. The second-order valence-corrected chi connectivity index (χ2v) is 4.53. The Labute approximate surface area is 102 Å². The predicted molar refractivity (Wildman–Crippen MR) is 58.1 cm³/mol. The summed E-state index contributed by atoms with van der Waals surface area (Å²) in [6, 6.07) is 0.321. The van der Waals surface area contributed by atoms with Crippen LogP contribution in [0.5, 0.6) is 0 Å². The third kappa shape index (κ3) is 3.86. The summed E-state index contributed by atoms with van der Waals surface area (Å²) in [7, 11) is 0. The molecule has 1 unspecified atom stereocenters. The smallest absolute Gasteiger partial charge is 0.337 e. The zero-order chi connectivity index (χ0) is 13.2. The summed E-state index contributed by atoms with van der Waals surface area (Å²) < 4.78 is 41.5. The lowest BCUT2D eigenvalue weighted by Crippen LogP contribution is -2.33. The second-order valence-electron chi connectivity index (χ2n) is 4.53. The summed E-state index contributed by atoms with van der Waals surface area (Å²) >= 11 is 0. The minimum Gasteiger partial charge on any atom is -0.337 e. The van der Waals surface area contributed by atoms with Crippen LogP contribution >= 0.6 is 0 Å². The topological polar surface area (TPSA) is 54.2 Å². The van der Waals surface area contributed by atoms with E-state index in [1.807, 2.05) is 0 Å². The van der Waals surface area contributed by atoms with Crippen molar-refractivity contribution < 1.29 is 17.7 Å². The van der Waals surface area contributed by atoms with Crippen LogP contribution in [-0.2, 0) is 0 Å². The van der Waals surface area contributed by atoms with Gasteiger partial charge in [-0.15, -0.1) is 0 Å². The first kappa shape index (κ1) is 13.1. The van der Waals surface area contributed by atoms with Crippen molar-refractivity contribution in [3.8, 4) is 0 Å². The molecule has 0 bridgehead atoms. The number of aryl methyl sites for hydroxylation is 1. The van der Waals surface area contributed by atoms with Crippen LogP contribution in [0.4, 0.5) is 19.2 Å². The van der Waals surface area contributed by atoms with Crippen LogP contribution in [-0.4, -0.2) is 47.4 Å². The molecule has 2 rings (SSSR count). The third-order valence-corrected chi connectivity index (χ3v) is 2.84. The van der Waals surface area contributed by atoms with E-state index in [-0.39, 0.29) is 5.92 Å². The average Bonchev–Trinajstić information content (AvgIpc) is 2.82. The maximum Gasteiger partial charge on any atom is 0.401 e. The molecule has 0 amide bonds. The quantitative estimate of drug-likeness (QED) is 0.896. The zero-order valence-corrected chi connectivity index (χ0v) is 10.00. The number of rotatable bonds is 4. The molecule has 1 fully saturated rings. The van der Waals surface area contributed by atoms with E-state index in [1.165, 1.54) is 4.90 Å². The van der Waals surface area contributed by atoms with Gasteiger partial charge in [0.1, 0.15) is 0 Å². The van der Waals surface area contributed by atoms with Gasteiger partial charge in [-0.2, -0.15) is 18.2 Å². The summed E-state index contributed by atoms with van der Waals surface area (Å²) in [5.74, 6) is 0.710. The number of anilines is 1. The van der Waals surface area contributed by atoms with Gasteiger partial charge in [-0.3, -0.25) is 4.90 Å². The molecule has 0 aliphatic carbocycles. The summed E-state index contributed by atoms with van der Waals surface area (Å²) in [6.07, 6.45) is -3.37. The maximum absolute atomic E-state index is 12.2. The van der Waals surface area contributed by atoms with Gasteiger partial charge in [0.2, 0.25) is 0 Å². The SMILES string of the molecule is Cc1noc(NCC2CCN(CC(F)(F)F)C2)n1. The monoisotopic (exact) mass is 264 g/mol. The number of hydrogen-bond acceptors (Lipinski definition) is 5. The number of likely N-dealkylation sites (tertiary alicyclic amines) is 1. The second kappa shape index (κ2) is 5.13. The highest BCUT2D eigenvalue weighted by Gasteiger charge is 2.34. The molecular weight excluding hydrogens is 249 g/mol. The number of alkyl halides is 3. The summed E-state index contributed by atoms with van der Waals surface area (Å²) in [4.78, 5) is 5.39. The van der Waals surface area contributed by atoms with E-state index in [0.29, 0.717) is 31.5 Å². The van der Waals surface area contributed by atoms with Crippen molar-refractivity contribution >= 4 is 6.01 Å². The van der Waals surface area contributed by atoms with Gasteiger partial charge < -0.3 is 9.84 Å². The van der Waals surface area contributed by atoms with E-state index in [0.717, 1.165) is 6.42 Å². The standard InChI is InChI=1S/C10H15F3N4O/c1-7-15-9(18-16-7)14-4-8-2-3-17(5-8)6-10(11,12)13/h8H,2-6H2,1H3,(H,14,15,16). The van der Waals surface area contributed by atoms with Crippen molar-refractivity contribution in [2.24, 2.45) is 5.92 Å². The lowest BCUT2D eigenvalue weighted by atomic mass is 10.1. The van der Waals surface area contributed by atoms with Crippen molar-refractivity contribution in [3.63, 3.8) is 0 Å². The minimum absolute atomic E-state index is 0.180. The molecule has 0 aromatic carbocycles. The van der Waals surface area contributed by atoms with E-state index in [4.69, 9.17) is 4.52 Å². The zero-order valence-electron chi connectivity index (χ0n) is 10.00. The number of halogens is 3. The lowest BCUT2D eigenvalue weighted by Gasteiger charge is -2.17. The molecular formula is C10H15F3N4O. The molecule has 5 nitrogen and oxygen atoms in total. The fraction of sp³-hybridized carbons (Fsp3) is 0.800. The highest BCUT2D eigenvalue weighted by atomic mass is 19.4. The van der Waals surface area contributed by atoms with Crippen molar-refractivity contribution in [2.75, 3.05) is 31.5 Å². The largest absolute Gasteiger partial charge is 0.401 e. The van der Waals surface area contributed by atoms with Gasteiger partial charge in [-0.25, -0.2) is 0 Å². The Bertz CT molecular complexity index is 393. The van der Waals surface area contributed by atoms with Gasteiger partial charge in [-0.1, -0.05) is 5.16 Å². The van der Waals surface area contributed by atoms with Gasteiger partial charge in [0.15, 0.2) is 5.82 Å². The van der Waals surface area contributed by atoms with Crippen LogP contribution < -0.4 is 5.32 Å². The molecule has 1 N–H and O–H groups in total. The molecule has 1 aromatic heterocycles. The number of aromatic nitrogens is 2. The van der Waals surface area contributed by atoms with Gasteiger partial charge in [0, 0.05) is 13.1 Å². The Hall–Kier alpha value is -1.31. The van der Waals surface area contributed by atoms with Crippen LogP contribution in [0.1, 0.15) is 12.2 Å². The first-order chi connectivity index (χ1) is 8.42. The molecule has 18 heavy (non-hydrogen) atoms. The first-order valence-corrected chi connectivity index (χ1v) is 5.76. The molecule has 2 heterocycles. The average molecular weight is 264 g/mol. The first-order valence-electron chi connectivity index (χ1n) is 5.76. The van der Waals surface area contributed by atoms with Crippen LogP contribution in [0.2, 0.25) is 0 Å². The Kier molecular flexibility index (Phi) is 3.74. The number of hydrogen-bond donors (Lipinski definition) is 1. The highest BCUT2D eigenvalue weighted by molar-refractivity contribution is 5.17. The van der Waals surface area contributed by atoms with Gasteiger partial charge >= 0.3 is 12.2 Å². The van der Waals surface area contributed by atoms with Crippen LogP contribution in [0.3, 0.4) is 0 Å². The number of nitrogens with zero attached hydrogens (tertiary/aromatic N) is 3. The fourth-order valence-corrected chi connectivity index (χ4v) is 2.08. The Morgan fingerprint density at radius 1 is 1.50 bits per heavy atom. The molecule has 0 saturated carbocycles. The van der Waals surface area contributed by atoms with Crippen molar-refractivity contribution in [1.29, 1.82) is 0 Å². The number of nitrogens with one attached hydrogen (secondary N) is 1. The third-order valence-electron chi connectivity index (χ3n) is 2.84. The maximum atomic E-state index is 12.2. The van der Waals surface area contributed by atoms with E-state index in [9.17, 15) is 13.2 Å². The van der Waals surface area contributed by atoms with E-state index >= 15 is 0 Å². The Morgan fingerprint density at radius 2 is 2.28 bits per heavy atom. The van der Waals surface area contributed by atoms with Gasteiger partial charge in [-0.05, 0) is 25.8 Å². The minimum atomic E-state index is -4.12. The molecule has 1 aromatic rings. The van der Waals surface area contributed by atoms with Crippen LogP contribution in [0.25, 0.3) is 0 Å². The summed E-state index contributed by atoms with van der Waals surface area (Å²) in [5.41, 5.74) is 0. The predicted octanol–water partition coefficient (Wildman–Crippen LogP) is 1.67. The molecule has 1 saturated heterocycles. The van der Waals surface area contributed by atoms with Gasteiger partial charge in [0.05, 0.1) is 6.54 Å². The normalized spacial score (nSPS) is 21.4. The molecule has 1 aliphatic rings. The summed E-state index contributed by atoms with van der Waals surface area (Å²) in [5, 5.41) is 6.56. The van der Waals surface area contributed by atoms with Crippen molar-refractivity contribution in [2.45, 2.75) is 19.5 Å². The molecule has 0 radical (unpaired) electrons. The lowest BCUT2D eigenvalue weighted by molar-refractivity contribution is -0.143. The highest BCUT2D eigenvalue weighted by Crippen LogP contribution is 2.22. The van der Waals surface area contributed by atoms with Crippen LogP contribution in [0, 0.1) is 12.8 Å². The molecule has 1 aliphatic heterocycles. The molecule has 0 spiro atoms. The van der Waals surface area contributed by atoms with Crippen LogP contribution in [0.15, 0.2) is 4.52 Å². The molecule has 102 valence electrons. The molecule has 8 heteroatoms. The fourth-order valence-electron chi connectivity index (χ4n) is 2.08. The Morgan fingerprint density at radius 3 is 2.89 bits per heavy atom.